The Labute approximate surface area is 165 Å². The summed E-state index contributed by atoms with van der Waals surface area (Å²) in [7, 11) is 0. The Morgan fingerprint density at radius 2 is 1.64 bits per heavy atom. The van der Waals surface area contributed by atoms with Crippen molar-refractivity contribution in [2.45, 2.75) is 5.92 Å². The Bertz CT molecular complexity index is 1040. The van der Waals surface area contributed by atoms with Gasteiger partial charge < -0.3 is 9.84 Å². The van der Waals surface area contributed by atoms with E-state index in [-0.39, 0.29) is 23.5 Å². The molecule has 1 amide bonds. The van der Waals surface area contributed by atoms with Crippen LogP contribution in [0.2, 0.25) is 5.15 Å². The van der Waals surface area contributed by atoms with Crippen molar-refractivity contribution in [3.8, 4) is 11.1 Å². The molecule has 0 aliphatic heterocycles. The minimum absolute atomic E-state index is 0.0983. The molecule has 1 heterocycles. The largest absolute Gasteiger partial charge is 0.477 e. The highest BCUT2D eigenvalue weighted by molar-refractivity contribution is 6.33. The summed E-state index contributed by atoms with van der Waals surface area (Å²) in [6.07, 6.45) is 0.243. The summed E-state index contributed by atoms with van der Waals surface area (Å²) in [6.45, 7) is 0.0983. The van der Waals surface area contributed by atoms with Gasteiger partial charge in [-0.05, 0) is 22.3 Å². The Kier molecular flexibility index (Phi) is 4.67. The Morgan fingerprint density at radius 3 is 2.25 bits per heavy atom. The number of hydrogen-bond donors (Lipinski definition) is 2. The smallest absolute Gasteiger partial charge is 0.412 e. The summed E-state index contributed by atoms with van der Waals surface area (Å²) in [6, 6.07) is 15.9. The fourth-order valence-corrected chi connectivity index (χ4v) is 3.59. The molecule has 0 atom stereocenters. The number of nitrogens with zero attached hydrogens (tertiary/aromatic N) is 2. The molecule has 0 bridgehead atoms. The summed E-state index contributed by atoms with van der Waals surface area (Å²) in [5.41, 5.74) is 3.99. The molecule has 1 aliphatic carbocycles. The molecule has 2 N–H and O–H groups in total. The minimum Gasteiger partial charge on any atom is -0.477 e. The predicted molar refractivity (Wildman–Crippen MR) is 103 cm³/mol. The van der Waals surface area contributed by atoms with Crippen LogP contribution in [0.15, 0.2) is 54.9 Å². The van der Waals surface area contributed by atoms with Crippen molar-refractivity contribution < 1.29 is 19.4 Å². The van der Waals surface area contributed by atoms with Gasteiger partial charge >= 0.3 is 12.1 Å². The normalized spacial score (nSPS) is 12.2. The second kappa shape index (κ2) is 7.28. The number of fused-ring (bicyclic) bond motifs is 3. The topological polar surface area (TPSA) is 101 Å². The average molecular weight is 396 g/mol. The SMILES string of the molecule is O=C(Nc1ncnc(Cl)c1C(=O)O)OCC1c2ccccc2-c2ccccc21. The Balaban J connectivity index is 1.52. The van der Waals surface area contributed by atoms with Gasteiger partial charge in [0, 0.05) is 5.92 Å². The van der Waals surface area contributed by atoms with Crippen LogP contribution in [-0.4, -0.2) is 33.7 Å². The number of hydrogen-bond acceptors (Lipinski definition) is 5. The van der Waals surface area contributed by atoms with Crippen molar-refractivity contribution in [3.05, 3.63) is 76.7 Å². The molecule has 0 fully saturated rings. The number of benzene rings is 2. The fourth-order valence-electron chi connectivity index (χ4n) is 3.38. The number of aromatic carboxylic acids is 1. The van der Waals surface area contributed by atoms with Gasteiger partial charge in [0.1, 0.15) is 23.7 Å². The van der Waals surface area contributed by atoms with Gasteiger partial charge in [-0.2, -0.15) is 0 Å². The number of rotatable bonds is 4. The van der Waals surface area contributed by atoms with Crippen LogP contribution in [-0.2, 0) is 4.74 Å². The van der Waals surface area contributed by atoms with Crippen LogP contribution in [0.5, 0.6) is 0 Å². The van der Waals surface area contributed by atoms with Crippen molar-refractivity contribution in [2.75, 3.05) is 11.9 Å². The summed E-state index contributed by atoms with van der Waals surface area (Å²) >= 11 is 5.78. The van der Waals surface area contributed by atoms with Gasteiger partial charge in [-0.15, -0.1) is 0 Å². The van der Waals surface area contributed by atoms with Crippen molar-refractivity contribution in [1.29, 1.82) is 0 Å². The Morgan fingerprint density at radius 1 is 1.04 bits per heavy atom. The number of carbonyl (C=O) groups excluding carboxylic acids is 1. The molecular weight excluding hydrogens is 382 g/mol. The molecule has 1 aromatic heterocycles. The summed E-state index contributed by atoms with van der Waals surface area (Å²) in [5, 5.41) is 11.3. The van der Waals surface area contributed by atoms with E-state index in [0.717, 1.165) is 28.6 Å². The number of carboxylic acid groups (broad SMARTS) is 1. The molecule has 3 aromatic rings. The second-order valence-corrected chi connectivity index (χ2v) is 6.50. The van der Waals surface area contributed by atoms with E-state index in [2.05, 4.69) is 15.3 Å². The molecule has 0 unspecified atom stereocenters. The van der Waals surface area contributed by atoms with Gasteiger partial charge in [-0.25, -0.2) is 19.6 Å². The summed E-state index contributed by atoms with van der Waals surface area (Å²) in [5.74, 6) is -1.67. The quantitative estimate of drug-likeness (QED) is 0.642. The zero-order valence-electron chi connectivity index (χ0n) is 14.4. The first-order valence-corrected chi connectivity index (χ1v) is 8.80. The standard InChI is InChI=1S/C20H14ClN3O4/c21-17-16(19(25)26)18(23-10-22-17)24-20(27)28-9-15-13-7-3-1-5-11(13)12-6-2-4-8-14(12)15/h1-8,10,15H,9H2,(H,25,26)(H,22,23,24,27). The van der Waals surface area contributed by atoms with E-state index in [4.69, 9.17) is 16.3 Å². The van der Waals surface area contributed by atoms with Crippen LogP contribution < -0.4 is 5.32 Å². The first-order chi connectivity index (χ1) is 13.6. The first-order valence-electron chi connectivity index (χ1n) is 8.42. The molecule has 0 spiro atoms. The van der Waals surface area contributed by atoms with Crippen molar-refractivity contribution in [1.82, 2.24) is 9.97 Å². The summed E-state index contributed by atoms with van der Waals surface area (Å²) < 4.78 is 5.37. The molecule has 2 aromatic carbocycles. The van der Waals surface area contributed by atoms with E-state index in [1.54, 1.807) is 0 Å². The maximum atomic E-state index is 12.2. The number of carbonyl (C=O) groups is 2. The van der Waals surface area contributed by atoms with Gasteiger partial charge in [-0.1, -0.05) is 60.1 Å². The van der Waals surface area contributed by atoms with E-state index in [0.29, 0.717) is 0 Å². The lowest BCUT2D eigenvalue weighted by molar-refractivity contribution is 0.0697. The highest BCUT2D eigenvalue weighted by Gasteiger charge is 2.29. The van der Waals surface area contributed by atoms with Crippen LogP contribution in [0, 0.1) is 0 Å². The van der Waals surface area contributed by atoms with E-state index in [1.807, 2.05) is 48.5 Å². The van der Waals surface area contributed by atoms with E-state index in [1.165, 1.54) is 0 Å². The predicted octanol–water partition coefficient (Wildman–Crippen LogP) is 4.19. The van der Waals surface area contributed by atoms with E-state index >= 15 is 0 Å². The lowest BCUT2D eigenvalue weighted by Gasteiger charge is -2.15. The molecule has 140 valence electrons. The van der Waals surface area contributed by atoms with Crippen LogP contribution in [0.1, 0.15) is 27.4 Å². The molecule has 7 nitrogen and oxygen atoms in total. The molecule has 0 saturated carbocycles. The number of anilines is 1. The van der Waals surface area contributed by atoms with Crippen molar-refractivity contribution in [3.63, 3.8) is 0 Å². The molecule has 0 saturated heterocycles. The number of halogens is 1. The summed E-state index contributed by atoms with van der Waals surface area (Å²) in [4.78, 5) is 30.9. The Hall–Kier alpha value is -3.45. The van der Waals surface area contributed by atoms with E-state index < -0.39 is 17.6 Å². The zero-order valence-corrected chi connectivity index (χ0v) is 15.2. The number of aromatic nitrogens is 2. The number of amides is 1. The van der Waals surface area contributed by atoms with Gasteiger partial charge in [-0.3, -0.25) is 5.32 Å². The number of carboxylic acids is 1. The molecular formula is C20H14ClN3O4. The van der Waals surface area contributed by atoms with E-state index in [9.17, 15) is 14.7 Å². The second-order valence-electron chi connectivity index (χ2n) is 6.14. The van der Waals surface area contributed by atoms with Crippen LogP contribution in [0.4, 0.5) is 10.6 Å². The van der Waals surface area contributed by atoms with Crippen LogP contribution in [0.3, 0.4) is 0 Å². The maximum absolute atomic E-state index is 12.2. The lowest BCUT2D eigenvalue weighted by atomic mass is 9.98. The van der Waals surface area contributed by atoms with Gasteiger partial charge in [0.15, 0.2) is 5.82 Å². The van der Waals surface area contributed by atoms with Crippen molar-refractivity contribution >= 4 is 29.5 Å². The molecule has 1 aliphatic rings. The lowest BCUT2D eigenvalue weighted by Crippen LogP contribution is -2.20. The van der Waals surface area contributed by atoms with Gasteiger partial charge in [0.25, 0.3) is 0 Å². The van der Waals surface area contributed by atoms with Gasteiger partial charge in [0.05, 0.1) is 0 Å². The zero-order chi connectivity index (χ0) is 19.7. The molecule has 8 heteroatoms. The monoisotopic (exact) mass is 395 g/mol. The van der Waals surface area contributed by atoms with Crippen molar-refractivity contribution in [2.24, 2.45) is 0 Å². The minimum atomic E-state index is -1.35. The maximum Gasteiger partial charge on any atom is 0.412 e. The molecule has 0 radical (unpaired) electrons. The highest BCUT2D eigenvalue weighted by Crippen LogP contribution is 2.44. The molecule has 28 heavy (non-hydrogen) atoms. The van der Waals surface area contributed by atoms with Crippen LogP contribution in [0.25, 0.3) is 11.1 Å². The fraction of sp³-hybridized carbons (Fsp3) is 0.100. The molecule has 4 rings (SSSR count). The first kappa shape index (κ1) is 17.9. The number of nitrogens with one attached hydrogen (secondary N) is 1. The third-order valence-electron chi connectivity index (χ3n) is 4.58. The average Bonchev–Trinajstić information content (AvgIpc) is 3.00. The van der Waals surface area contributed by atoms with Crippen LogP contribution >= 0.6 is 11.6 Å². The van der Waals surface area contributed by atoms with Gasteiger partial charge in [0.2, 0.25) is 0 Å². The third-order valence-corrected chi connectivity index (χ3v) is 4.87. The third kappa shape index (κ3) is 3.16. The number of ether oxygens (including phenoxy) is 1. The highest BCUT2D eigenvalue weighted by atomic mass is 35.5.